The molecule has 0 aromatic rings. The van der Waals surface area contributed by atoms with E-state index in [1.807, 2.05) is 27.7 Å². The first-order valence-corrected chi connectivity index (χ1v) is 7.12. The maximum atomic E-state index is 11.7. The molecule has 0 radical (unpaired) electrons. The average Bonchev–Trinajstić information content (AvgIpc) is 2.35. The van der Waals surface area contributed by atoms with Crippen molar-refractivity contribution in [1.82, 2.24) is 5.32 Å². The number of rotatable bonds is 10. The maximum Gasteiger partial charge on any atom is 0.335 e. The lowest BCUT2D eigenvalue weighted by atomic mass is 10.0. The number of amides is 1. The standard InChI is InChI=1S/C14H27NO6/c1-8(2)5-10(7-21-6-9(3)4)15-13(18)11(16)12(17)14(19)20/h8-12,16-17H,5-7H2,1-4H3,(H,15,18)(H,19,20)/t10-,11+,12-/m0/s1. The van der Waals surface area contributed by atoms with Crippen LogP contribution in [0.2, 0.25) is 0 Å². The fourth-order valence-electron chi connectivity index (χ4n) is 1.75. The molecular weight excluding hydrogens is 278 g/mol. The Morgan fingerprint density at radius 3 is 2.00 bits per heavy atom. The molecule has 0 aromatic heterocycles. The third kappa shape index (κ3) is 8.64. The topological polar surface area (TPSA) is 116 Å². The first-order chi connectivity index (χ1) is 9.65. The third-order valence-electron chi connectivity index (χ3n) is 2.69. The third-order valence-corrected chi connectivity index (χ3v) is 2.69. The van der Waals surface area contributed by atoms with Gasteiger partial charge in [0.2, 0.25) is 0 Å². The summed E-state index contributed by atoms with van der Waals surface area (Å²) < 4.78 is 5.47. The summed E-state index contributed by atoms with van der Waals surface area (Å²) in [6.45, 7) is 8.78. The van der Waals surface area contributed by atoms with Crippen LogP contribution in [0.5, 0.6) is 0 Å². The van der Waals surface area contributed by atoms with Crippen molar-refractivity contribution in [3.63, 3.8) is 0 Å². The van der Waals surface area contributed by atoms with E-state index in [2.05, 4.69) is 5.32 Å². The molecule has 21 heavy (non-hydrogen) atoms. The predicted molar refractivity (Wildman–Crippen MR) is 76.7 cm³/mol. The van der Waals surface area contributed by atoms with Crippen molar-refractivity contribution >= 4 is 11.9 Å². The normalized spacial score (nSPS) is 15.8. The van der Waals surface area contributed by atoms with Crippen molar-refractivity contribution in [2.24, 2.45) is 11.8 Å². The van der Waals surface area contributed by atoms with Crippen LogP contribution in [-0.4, -0.2) is 58.7 Å². The largest absolute Gasteiger partial charge is 0.479 e. The molecule has 0 saturated heterocycles. The van der Waals surface area contributed by atoms with E-state index in [0.29, 0.717) is 24.9 Å². The van der Waals surface area contributed by atoms with Crippen LogP contribution in [0.4, 0.5) is 0 Å². The van der Waals surface area contributed by atoms with E-state index in [9.17, 15) is 14.7 Å². The van der Waals surface area contributed by atoms with E-state index < -0.39 is 24.1 Å². The highest BCUT2D eigenvalue weighted by atomic mass is 16.5. The van der Waals surface area contributed by atoms with Gasteiger partial charge >= 0.3 is 5.97 Å². The Balaban J connectivity index is 4.50. The number of carbonyl (C=O) groups is 2. The Bertz CT molecular complexity index is 331. The smallest absolute Gasteiger partial charge is 0.335 e. The molecule has 0 aliphatic rings. The van der Waals surface area contributed by atoms with Crippen molar-refractivity contribution < 1.29 is 29.6 Å². The molecule has 3 atom stereocenters. The van der Waals surface area contributed by atoms with E-state index in [1.54, 1.807) is 0 Å². The van der Waals surface area contributed by atoms with Crippen LogP contribution in [0.3, 0.4) is 0 Å². The van der Waals surface area contributed by atoms with Crippen molar-refractivity contribution in [3.05, 3.63) is 0 Å². The minimum atomic E-state index is -2.14. The van der Waals surface area contributed by atoms with Gasteiger partial charge in [0.1, 0.15) is 0 Å². The van der Waals surface area contributed by atoms with Gasteiger partial charge in [-0.3, -0.25) is 4.79 Å². The van der Waals surface area contributed by atoms with Crippen LogP contribution in [-0.2, 0) is 14.3 Å². The number of hydrogen-bond acceptors (Lipinski definition) is 5. The van der Waals surface area contributed by atoms with Crippen LogP contribution in [0.25, 0.3) is 0 Å². The van der Waals surface area contributed by atoms with Gasteiger partial charge in [-0.1, -0.05) is 27.7 Å². The Kier molecular flexibility index (Phi) is 9.16. The number of aliphatic hydroxyl groups excluding tert-OH is 2. The summed E-state index contributed by atoms with van der Waals surface area (Å²) in [5.41, 5.74) is 0. The second kappa shape index (κ2) is 9.70. The average molecular weight is 305 g/mol. The molecule has 0 fully saturated rings. The first kappa shape index (κ1) is 19.8. The number of nitrogens with one attached hydrogen (secondary N) is 1. The summed E-state index contributed by atoms with van der Waals surface area (Å²) in [4.78, 5) is 22.3. The van der Waals surface area contributed by atoms with E-state index in [4.69, 9.17) is 14.9 Å². The molecule has 4 N–H and O–H groups in total. The highest BCUT2D eigenvalue weighted by Gasteiger charge is 2.31. The Morgan fingerprint density at radius 1 is 1.00 bits per heavy atom. The van der Waals surface area contributed by atoms with Crippen molar-refractivity contribution in [2.45, 2.75) is 52.4 Å². The molecule has 0 aromatic carbocycles. The summed E-state index contributed by atoms with van der Waals surface area (Å²) >= 11 is 0. The van der Waals surface area contributed by atoms with Crippen molar-refractivity contribution in [1.29, 1.82) is 0 Å². The molecule has 0 unspecified atom stereocenters. The zero-order valence-electron chi connectivity index (χ0n) is 13.1. The van der Waals surface area contributed by atoms with Crippen LogP contribution in [0.15, 0.2) is 0 Å². The highest BCUT2D eigenvalue weighted by Crippen LogP contribution is 2.07. The number of hydrogen-bond donors (Lipinski definition) is 4. The lowest BCUT2D eigenvalue weighted by Crippen LogP contribution is -2.50. The van der Waals surface area contributed by atoms with Gasteiger partial charge in [0.15, 0.2) is 12.2 Å². The van der Waals surface area contributed by atoms with Gasteiger partial charge < -0.3 is 25.4 Å². The summed E-state index contributed by atoms with van der Waals surface area (Å²) in [6, 6.07) is -0.341. The summed E-state index contributed by atoms with van der Waals surface area (Å²) in [6.07, 6.45) is -3.51. The van der Waals surface area contributed by atoms with Crippen LogP contribution >= 0.6 is 0 Å². The summed E-state index contributed by atoms with van der Waals surface area (Å²) in [5.74, 6) is -1.91. The molecule has 1 amide bonds. The van der Waals surface area contributed by atoms with Gasteiger partial charge in [-0.05, 0) is 18.3 Å². The van der Waals surface area contributed by atoms with Crippen molar-refractivity contribution in [3.8, 4) is 0 Å². The molecule has 0 spiro atoms. The molecule has 124 valence electrons. The molecule has 0 heterocycles. The Labute approximate surface area is 125 Å². The monoisotopic (exact) mass is 305 g/mol. The van der Waals surface area contributed by atoms with E-state index in [0.717, 1.165) is 0 Å². The van der Waals surface area contributed by atoms with Crippen LogP contribution in [0, 0.1) is 11.8 Å². The number of carbonyl (C=O) groups excluding carboxylic acids is 1. The number of ether oxygens (including phenoxy) is 1. The SMILES string of the molecule is CC(C)COC[C@H](CC(C)C)NC(=O)[C@H](O)[C@H](O)C(=O)O. The molecule has 7 heteroatoms. The Hall–Kier alpha value is -1.18. The van der Waals surface area contributed by atoms with Gasteiger partial charge in [-0.2, -0.15) is 0 Å². The molecule has 0 bridgehead atoms. The number of aliphatic carboxylic acids is 1. The summed E-state index contributed by atoms with van der Waals surface area (Å²) in [7, 11) is 0. The van der Waals surface area contributed by atoms with E-state index in [1.165, 1.54) is 0 Å². The van der Waals surface area contributed by atoms with E-state index >= 15 is 0 Å². The zero-order valence-corrected chi connectivity index (χ0v) is 13.1. The fraction of sp³-hybridized carbons (Fsp3) is 0.857. The molecule has 0 aliphatic carbocycles. The van der Waals surface area contributed by atoms with Gasteiger partial charge in [0.05, 0.1) is 12.6 Å². The lowest BCUT2D eigenvalue weighted by molar-refractivity contribution is -0.158. The van der Waals surface area contributed by atoms with Crippen LogP contribution in [0.1, 0.15) is 34.1 Å². The molecular formula is C14H27NO6. The highest BCUT2D eigenvalue weighted by molar-refractivity contribution is 5.87. The molecule has 0 rings (SSSR count). The van der Waals surface area contributed by atoms with Gasteiger partial charge in [-0.25, -0.2) is 4.79 Å². The van der Waals surface area contributed by atoms with Gasteiger partial charge in [0, 0.05) is 6.61 Å². The minimum absolute atomic E-state index is 0.276. The number of carboxylic acids is 1. The fourth-order valence-corrected chi connectivity index (χ4v) is 1.75. The maximum absolute atomic E-state index is 11.7. The second-order valence-corrected chi connectivity index (χ2v) is 5.99. The number of aliphatic hydroxyl groups is 2. The predicted octanol–water partition coefficient (Wildman–Crippen LogP) is -0.00370. The minimum Gasteiger partial charge on any atom is -0.479 e. The summed E-state index contributed by atoms with van der Waals surface area (Å²) in [5, 5.41) is 29.7. The lowest BCUT2D eigenvalue weighted by Gasteiger charge is -2.23. The Morgan fingerprint density at radius 2 is 1.57 bits per heavy atom. The first-order valence-electron chi connectivity index (χ1n) is 7.12. The van der Waals surface area contributed by atoms with Crippen LogP contribution < -0.4 is 5.32 Å². The van der Waals surface area contributed by atoms with Gasteiger partial charge in [0.25, 0.3) is 5.91 Å². The molecule has 0 saturated carbocycles. The molecule has 7 nitrogen and oxygen atoms in total. The molecule has 0 aliphatic heterocycles. The second-order valence-electron chi connectivity index (χ2n) is 5.99. The van der Waals surface area contributed by atoms with Gasteiger partial charge in [-0.15, -0.1) is 0 Å². The quantitative estimate of drug-likeness (QED) is 0.451. The van der Waals surface area contributed by atoms with E-state index in [-0.39, 0.29) is 12.6 Å². The van der Waals surface area contributed by atoms with Crippen molar-refractivity contribution in [2.75, 3.05) is 13.2 Å². The number of carboxylic acid groups (broad SMARTS) is 1. The zero-order chi connectivity index (χ0) is 16.6.